The quantitative estimate of drug-likeness (QED) is 0.600. The van der Waals surface area contributed by atoms with Gasteiger partial charge in [-0.15, -0.1) is 0 Å². The number of carbonyl (C=O) groups excluding carboxylic acids is 1. The van der Waals surface area contributed by atoms with Crippen molar-refractivity contribution >= 4 is 11.9 Å². The van der Waals surface area contributed by atoms with E-state index in [0.717, 1.165) is 17.7 Å². The fraction of sp³-hybridized carbons (Fsp3) is 0.211. The van der Waals surface area contributed by atoms with Gasteiger partial charge in [0.25, 0.3) is 0 Å². The van der Waals surface area contributed by atoms with E-state index in [1.165, 1.54) is 25.3 Å². The Balaban J connectivity index is 2.22. The van der Waals surface area contributed by atoms with E-state index >= 15 is 0 Å². The Labute approximate surface area is 136 Å². The Bertz CT molecular complexity index is 723. The van der Waals surface area contributed by atoms with Crippen molar-refractivity contribution in [3.63, 3.8) is 0 Å². The van der Waals surface area contributed by atoms with Crippen LogP contribution in [0.4, 0.5) is 4.39 Å². The van der Waals surface area contributed by atoms with Gasteiger partial charge in [0.15, 0.2) is 5.78 Å². The van der Waals surface area contributed by atoms with Crippen molar-refractivity contribution in [2.24, 2.45) is 0 Å². The molecule has 0 saturated carbocycles. The number of carbonyl (C=O) groups is 1. The standard InChI is InChI=1S/C19H20FNO2/c1-21(2)13-15-7-5-4-6-14(15)8-11-19(22)17-10-9-16(23-3)12-18(17)20/h4-12H,13H2,1-3H3. The Morgan fingerprint density at radius 3 is 2.61 bits per heavy atom. The summed E-state index contributed by atoms with van der Waals surface area (Å²) in [5.41, 5.74) is 2.09. The summed E-state index contributed by atoms with van der Waals surface area (Å²) >= 11 is 0. The van der Waals surface area contributed by atoms with Crippen molar-refractivity contribution < 1.29 is 13.9 Å². The summed E-state index contributed by atoms with van der Waals surface area (Å²) in [7, 11) is 5.43. The van der Waals surface area contributed by atoms with Crippen molar-refractivity contribution in [2.75, 3.05) is 21.2 Å². The highest BCUT2D eigenvalue weighted by Gasteiger charge is 2.10. The largest absolute Gasteiger partial charge is 0.497 e. The molecule has 0 radical (unpaired) electrons. The van der Waals surface area contributed by atoms with E-state index in [2.05, 4.69) is 4.90 Å². The lowest BCUT2D eigenvalue weighted by Gasteiger charge is -2.12. The van der Waals surface area contributed by atoms with Crippen LogP contribution in [0.25, 0.3) is 6.08 Å². The highest BCUT2D eigenvalue weighted by molar-refractivity contribution is 6.07. The lowest BCUT2D eigenvalue weighted by molar-refractivity contribution is 0.104. The molecule has 0 heterocycles. The van der Waals surface area contributed by atoms with Gasteiger partial charge in [-0.2, -0.15) is 0 Å². The van der Waals surface area contributed by atoms with Crippen LogP contribution in [0.5, 0.6) is 5.75 Å². The number of ketones is 1. The fourth-order valence-electron chi connectivity index (χ4n) is 2.26. The Hall–Kier alpha value is -2.46. The molecule has 0 N–H and O–H groups in total. The minimum Gasteiger partial charge on any atom is -0.497 e. The van der Waals surface area contributed by atoms with Crippen LogP contribution in [0.3, 0.4) is 0 Å². The topological polar surface area (TPSA) is 29.5 Å². The summed E-state index contributed by atoms with van der Waals surface area (Å²) in [6.45, 7) is 0.769. The molecule has 0 aliphatic rings. The summed E-state index contributed by atoms with van der Waals surface area (Å²) in [5, 5.41) is 0. The summed E-state index contributed by atoms with van der Waals surface area (Å²) in [4.78, 5) is 14.2. The lowest BCUT2D eigenvalue weighted by atomic mass is 10.0. The highest BCUT2D eigenvalue weighted by atomic mass is 19.1. The zero-order valence-electron chi connectivity index (χ0n) is 13.5. The first-order valence-corrected chi connectivity index (χ1v) is 7.30. The molecule has 120 valence electrons. The molecule has 0 aliphatic heterocycles. The number of benzene rings is 2. The number of nitrogens with zero attached hydrogens (tertiary/aromatic N) is 1. The molecule has 0 fully saturated rings. The van der Waals surface area contributed by atoms with Crippen molar-refractivity contribution in [1.29, 1.82) is 0 Å². The van der Waals surface area contributed by atoms with Gasteiger partial charge in [0.2, 0.25) is 0 Å². The summed E-state index contributed by atoms with van der Waals surface area (Å²) in [6, 6.07) is 12.0. The Morgan fingerprint density at radius 2 is 1.96 bits per heavy atom. The summed E-state index contributed by atoms with van der Waals surface area (Å²) < 4.78 is 18.9. The van der Waals surface area contributed by atoms with E-state index in [4.69, 9.17) is 4.74 Å². The molecule has 3 nitrogen and oxygen atoms in total. The third-order valence-corrected chi connectivity index (χ3v) is 3.40. The maximum atomic E-state index is 13.9. The molecule has 4 heteroatoms. The number of ether oxygens (including phenoxy) is 1. The van der Waals surface area contributed by atoms with Crippen LogP contribution in [-0.2, 0) is 6.54 Å². The molecular formula is C19H20FNO2. The minimum atomic E-state index is -0.583. The monoisotopic (exact) mass is 313 g/mol. The molecule has 2 aromatic carbocycles. The second-order valence-electron chi connectivity index (χ2n) is 5.48. The van der Waals surface area contributed by atoms with Crippen molar-refractivity contribution in [3.05, 3.63) is 71.0 Å². The van der Waals surface area contributed by atoms with Crippen LogP contribution in [0.1, 0.15) is 21.5 Å². The molecule has 0 amide bonds. The molecule has 0 unspecified atom stereocenters. The third-order valence-electron chi connectivity index (χ3n) is 3.40. The van der Waals surface area contributed by atoms with E-state index in [0.29, 0.717) is 5.75 Å². The van der Waals surface area contributed by atoms with E-state index in [-0.39, 0.29) is 11.3 Å². The van der Waals surface area contributed by atoms with Crippen molar-refractivity contribution in [2.45, 2.75) is 6.54 Å². The third kappa shape index (κ3) is 4.50. The second-order valence-corrected chi connectivity index (χ2v) is 5.48. The van der Waals surface area contributed by atoms with Gasteiger partial charge in [-0.3, -0.25) is 4.79 Å². The van der Waals surface area contributed by atoms with Crippen LogP contribution in [0.15, 0.2) is 48.5 Å². The highest BCUT2D eigenvalue weighted by Crippen LogP contribution is 2.18. The van der Waals surface area contributed by atoms with Crippen molar-refractivity contribution in [3.8, 4) is 5.75 Å². The predicted octanol–water partition coefficient (Wildman–Crippen LogP) is 3.79. The van der Waals surface area contributed by atoms with Crippen LogP contribution >= 0.6 is 0 Å². The molecule has 0 aliphatic carbocycles. The van der Waals surface area contributed by atoms with E-state index in [1.54, 1.807) is 12.1 Å². The molecular weight excluding hydrogens is 293 g/mol. The van der Waals surface area contributed by atoms with Gasteiger partial charge < -0.3 is 9.64 Å². The number of halogens is 1. The lowest BCUT2D eigenvalue weighted by Crippen LogP contribution is -2.11. The Kier molecular flexibility index (Phi) is 5.66. The number of allylic oxidation sites excluding steroid dienone is 1. The SMILES string of the molecule is COc1ccc(C(=O)C=Cc2ccccc2CN(C)C)c(F)c1. The first-order chi connectivity index (χ1) is 11.0. The normalized spacial score (nSPS) is 11.2. The molecule has 0 bridgehead atoms. The van der Waals surface area contributed by atoms with Gasteiger partial charge in [0.1, 0.15) is 11.6 Å². The smallest absolute Gasteiger partial charge is 0.188 e. The van der Waals surface area contributed by atoms with E-state index in [1.807, 2.05) is 38.4 Å². The van der Waals surface area contributed by atoms with Gasteiger partial charge in [-0.25, -0.2) is 4.39 Å². The van der Waals surface area contributed by atoms with E-state index < -0.39 is 5.82 Å². The first kappa shape index (κ1) is 16.9. The molecule has 2 aromatic rings. The second kappa shape index (κ2) is 7.70. The zero-order valence-corrected chi connectivity index (χ0v) is 13.5. The Morgan fingerprint density at radius 1 is 1.22 bits per heavy atom. The molecule has 0 spiro atoms. The van der Waals surface area contributed by atoms with Crippen LogP contribution in [0, 0.1) is 5.82 Å². The maximum Gasteiger partial charge on any atom is 0.188 e. The minimum absolute atomic E-state index is 0.0344. The van der Waals surface area contributed by atoms with Gasteiger partial charge in [0, 0.05) is 12.6 Å². The van der Waals surface area contributed by atoms with Gasteiger partial charge in [-0.05, 0) is 43.4 Å². The molecule has 0 aromatic heterocycles. The van der Waals surface area contributed by atoms with E-state index in [9.17, 15) is 9.18 Å². The number of hydrogen-bond donors (Lipinski definition) is 0. The number of hydrogen-bond acceptors (Lipinski definition) is 3. The molecule has 2 rings (SSSR count). The van der Waals surface area contributed by atoms with Gasteiger partial charge in [0.05, 0.1) is 12.7 Å². The number of rotatable bonds is 6. The van der Waals surface area contributed by atoms with Gasteiger partial charge in [-0.1, -0.05) is 30.3 Å². The fourth-order valence-corrected chi connectivity index (χ4v) is 2.26. The first-order valence-electron chi connectivity index (χ1n) is 7.30. The predicted molar refractivity (Wildman–Crippen MR) is 90.1 cm³/mol. The van der Waals surface area contributed by atoms with Crippen LogP contribution in [-0.4, -0.2) is 31.9 Å². The molecule has 23 heavy (non-hydrogen) atoms. The van der Waals surface area contributed by atoms with Crippen LogP contribution < -0.4 is 4.74 Å². The maximum absolute atomic E-state index is 13.9. The molecule has 0 saturated heterocycles. The zero-order chi connectivity index (χ0) is 16.8. The van der Waals surface area contributed by atoms with Crippen molar-refractivity contribution in [1.82, 2.24) is 4.90 Å². The number of methoxy groups -OCH3 is 1. The average Bonchev–Trinajstić information content (AvgIpc) is 2.53. The summed E-state index contributed by atoms with van der Waals surface area (Å²) in [5.74, 6) is -0.565. The summed E-state index contributed by atoms with van der Waals surface area (Å²) in [6.07, 6.45) is 3.13. The molecule has 0 atom stereocenters. The van der Waals surface area contributed by atoms with Gasteiger partial charge >= 0.3 is 0 Å². The average molecular weight is 313 g/mol. The van der Waals surface area contributed by atoms with Crippen LogP contribution in [0.2, 0.25) is 0 Å².